The van der Waals surface area contributed by atoms with E-state index in [2.05, 4.69) is 4.98 Å². The van der Waals surface area contributed by atoms with E-state index in [9.17, 15) is 14.4 Å². The molecule has 2 aromatic rings. The topological polar surface area (TPSA) is 87.6 Å². The van der Waals surface area contributed by atoms with Crippen molar-refractivity contribution in [2.75, 3.05) is 23.0 Å². The Bertz CT molecular complexity index is 933. The average molecular weight is 372 g/mol. The smallest absolute Gasteiger partial charge is 0.331 e. The molecule has 144 valence electrons. The van der Waals surface area contributed by atoms with E-state index in [1.807, 2.05) is 56.0 Å². The van der Waals surface area contributed by atoms with Crippen molar-refractivity contribution in [1.29, 1.82) is 0 Å². The Balaban J connectivity index is 2.34. The molecule has 0 saturated heterocycles. The van der Waals surface area contributed by atoms with Crippen LogP contribution in [0.3, 0.4) is 0 Å². The zero-order valence-electron chi connectivity index (χ0n) is 15.8. The maximum Gasteiger partial charge on any atom is 0.331 e. The lowest BCUT2D eigenvalue weighted by molar-refractivity contribution is -0.118. The number of ether oxygens (including phenoxy) is 1. The minimum Gasteiger partial charge on any atom is -0.361 e. The molecule has 0 spiro atoms. The summed E-state index contributed by atoms with van der Waals surface area (Å²) in [4.78, 5) is 43.8. The van der Waals surface area contributed by atoms with Gasteiger partial charge in [0, 0.05) is 31.3 Å². The lowest BCUT2D eigenvalue weighted by Crippen LogP contribution is -2.43. The number of fused-ring (bicyclic) bond motifs is 1. The standard InChI is InChI=1S/C19H24N4O4/c1-4-27-12-22-18-16(17(25)20-19(22)26)23(13(2)3)15(24)10-11-21(18)14-8-6-5-7-9-14/h5-9,13H,4,10-12H2,1-3H3,(H,20,25,26). The number of anilines is 3. The molecular formula is C19H24N4O4. The number of para-hydroxylation sites is 1. The van der Waals surface area contributed by atoms with Crippen LogP contribution in [0.15, 0.2) is 39.9 Å². The van der Waals surface area contributed by atoms with Crippen molar-refractivity contribution in [1.82, 2.24) is 9.55 Å². The second-order valence-corrected chi connectivity index (χ2v) is 6.58. The molecule has 0 bridgehead atoms. The third-order valence-electron chi connectivity index (χ3n) is 4.47. The van der Waals surface area contributed by atoms with Gasteiger partial charge < -0.3 is 14.5 Å². The summed E-state index contributed by atoms with van der Waals surface area (Å²) in [6, 6.07) is 9.18. The van der Waals surface area contributed by atoms with Crippen LogP contribution in [0.4, 0.5) is 17.2 Å². The second kappa shape index (κ2) is 7.79. The molecule has 1 aliphatic rings. The van der Waals surface area contributed by atoms with Gasteiger partial charge in [-0.1, -0.05) is 18.2 Å². The maximum absolute atomic E-state index is 12.8. The van der Waals surface area contributed by atoms with Crippen LogP contribution in [0.25, 0.3) is 0 Å². The predicted octanol–water partition coefficient (Wildman–Crippen LogP) is 1.81. The van der Waals surface area contributed by atoms with Crippen LogP contribution < -0.4 is 21.0 Å². The molecule has 0 radical (unpaired) electrons. The van der Waals surface area contributed by atoms with Crippen molar-refractivity contribution in [2.24, 2.45) is 0 Å². The quantitative estimate of drug-likeness (QED) is 0.865. The van der Waals surface area contributed by atoms with Gasteiger partial charge in [-0.2, -0.15) is 0 Å². The third kappa shape index (κ3) is 3.52. The monoisotopic (exact) mass is 372 g/mol. The highest BCUT2D eigenvalue weighted by Gasteiger charge is 2.34. The molecule has 1 aromatic carbocycles. The SMILES string of the molecule is CCOCn1c2c(c(=O)[nH]c1=O)N(C(C)C)C(=O)CCN2c1ccccc1. The Morgan fingerprint density at radius 2 is 1.85 bits per heavy atom. The fourth-order valence-electron chi connectivity index (χ4n) is 3.31. The van der Waals surface area contributed by atoms with Gasteiger partial charge in [-0.25, -0.2) is 4.79 Å². The zero-order chi connectivity index (χ0) is 19.6. The molecule has 8 nitrogen and oxygen atoms in total. The van der Waals surface area contributed by atoms with Crippen LogP contribution in [-0.2, 0) is 16.3 Å². The minimum atomic E-state index is -0.576. The number of hydrogen-bond acceptors (Lipinski definition) is 5. The molecule has 1 aromatic heterocycles. The molecular weight excluding hydrogens is 348 g/mol. The summed E-state index contributed by atoms with van der Waals surface area (Å²) < 4.78 is 6.84. The van der Waals surface area contributed by atoms with E-state index in [0.29, 0.717) is 19.0 Å². The Labute approximate surface area is 157 Å². The van der Waals surface area contributed by atoms with E-state index < -0.39 is 11.2 Å². The van der Waals surface area contributed by atoms with Crippen molar-refractivity contribution >= 4 is 23.1 Å². The Morgan fingerprint density at radius 3 is 2.48 bits per heavy atom. The third-order valence-corrected chi connectivity index (χ3v) is 4.47. The van der Waals surface area contributed by atoms with E-state index in [0.717, 1.165) is 5.69 Å². The first-order chi connectivity index (χ1) is 13.0. The average Bonchev–Trinajstić information content (AvgIpc) is 2.79. The Hall–Kier alpha value is -2.87. The highest BCUT2D eigenvalue weighted by atomic mass is 16.5. The summed E-state index contributed by atoms with van der Waals surface area (Å²) in [7, 11) is 0. The first kappa shape index (κ1) is 18.9. The summed E-state index contributed by atoms with van der Waals surface area (Å²) in [5.74, 6) is 0.222. The van der Waals surface area contributed by atoms with E-state index in [-0.39, 0.29) is 30.8 Å². The lowest BCUT2D eigenvalue weighted by atomic mass is 10.2. The first-order valence-electron chi connectivity index (χ1n) is 9.05. The minimum absolute atomic E-state index is 0.0160. The number of hydrogen-bond donors (Lipinski definition) is 1. The van der Waals surface area contributed by atoms with Crippen LogP contribution in [0.2, 0.25) is 0 Å². The van der Waals surface area contributed by atoms with Crippen molar-refractivity contribution in [3.05, 3.63) is 51.2 Å². The molecule has 1 aliphatic heterocycles. The van der Waals surface area contributed by atoms with Crippen LogP contribution in [0.5, 0.6) is 0 Å². The highest BCUT2D eigenvalue weighted by Crippen LogP contribution is 2.35. The summed E-state index contributed by atoms with van der Waals surface area (Å²) in [5.41, 5.74) is -0.165. The zero-order valence-corrected chi connectivity index (χ0v) is 15.8. The van der Waals surface area contributed by atoms with Gasteiger partial charge in [0.05, 0.1) is 0 Å². The van der Waals surface area contributed by atoms with Gasteiger partial charge in [-0.15, -0.1) is 0 Å². The van der Waals surface area contributed by atoms with Crippen molar-refractivity contribution in [3.63, 3.8) is 0 Å². The van der Waals surface area contributed by atoms with Gasteiger partial charge in [0.1, 0.15) is 12.5 Å². The summed E-state index contributed by atoms with van der Waals surface area (Å²) in [6.45, 7) is 6.27. The number of carbonyl (C=O) groups is 1. The normalized spacial score (nSPS) is 14.4. The molecule has 1 amide bonds. The highest BCUT2D eigenvalue weighted by molar-refractivity contribution is 5.99. The van der Waals surface area contributed by atoms with Gasteiger partial charge in [0.15, 0.2) is 5.69 Å². The first-order valence-corrected chi connectivity index (χ1v) is 9.05. The number of carbonyl (C=O) groups excluding carboxylic acids is 1. The van der Waals surface area contributed by atoms with Crippen LogP contribution in [-0.4, -0.2) is 34.7 Å². The summed E-state index contributed by atoms with van der Waals surface area (Å²) in [5, 5.41) is 0. The van der Waals surface area contributed by atoms with E-state index in [1.165, 1.54) is 9.47 Å². The summed E-state index contributed by atoms with van der Waals surface area (Å²) in [6.07, 6.45) is 0.226. The predicted molar refractivity (Wildman–Crippen MR) is 104 cm³/mol. The second-order valence-electron chi connectivity index (χ2n) is 6.58. The number of nitrogens with zero attached hydrogens (tertiary/aromatic N) is 3. The van der Waals surface area contributed by atoms with Crippen LogP contribution in [0.1, 0.15) is 27.2 Å². The number of nitrogens with one attached hydrogen (secondary N) is 1. The van der Waals surface area contributed by atoms with Crippen molar-refractivity contribution in [3.8, 4) is 0 Å². The lowest BCUT2D eigenvalue weighted by Gasteiger charge is -2.30. The number of aromatic amines is 1. The number of benzene rings is 1. The molecule has 0 saturated carbocycles. The van der Waals surface area contributed by atoms with Gasteiger partial charge in [-0.3, -0.25) is 19.1 Å². The largest absolute Gasteiger partial charge is 0.361 e. The number of H-pyrrole nitrogens is 1. The number of rotatable bonds is 5. The molecule has 0 atom stereocenters. The Morgan fingerprint density at radius 1 is 1.15 bits per heavy atom. The molecule has 3 rings (SSSR count). The van der Waals surface area contributed by atoms with E-state index in [4.69, 9.17) is 4.74 Å². The maximum atomic E-state index is 12.8. The molecule has 0 unspecified atom stereocenters. The molecule has 2 heterocycles. The van der Waals surface area contributed by atoms with Crippen LogP contribution in [0, 0.1) is 0 Å². The molecule has 0 aliphatic carbocycles. The van der Waals surface area contributed by atoms with E-state index in [1.54, 1.807) is 0 Å². The molecule has 27 heavy (non-hydrogen) atoms. The van der Waals surface area contributed by atoms with E-state index >= 15 is 0 Å². The number of amides is 1. The van der Waals surface area contributed by atoms with Gasteiger partial charge in [0.2, 0.25) is 5.91 Å². The van der Waals surface area contributed by atoms with Gasteiger partial charge in [-0.05, 0) is 32.9 Å². The summed E-state index contributed by atoms with van der Waals surface area (Å²) >= 11 is 0. The van der Waals surface area contributed by atoms with Gasteiger partial charge in [0.25, 0.3) is 5.56 Å². The van der Waals surface area contributed by atoms with Crippen molar-refractivity contribution in [2.45, 2.75) is 40.0 Å². The fraction of sp³-hybridized carbons (Fsp3) is 0.421. The fourth-order valence-corrected chi connectivity index (χ4v) is 3.31. The number of aromatic nitrogens is 2. The Kier molecular flexibility index (Phi) is 5.46. The van der Waals surface area contributed by atoms with Gasteiger partial charge >= 0.3 is 5.69 Å². The molecule has 0 fully saturated rings. The molecule has 8 heteroatoms. The van der Waals surface area contributed by atoms with Crippen molar-refractivity contribution < 1.29 is 9.53 Å². The van der Waals surface area contributed by atoms with Crippen LogP contribution >= 0.6 is 0 Å². The molecule has 1 N–H and O–H groups in total.